The summed E-state index contributed by atoms with van der Waals surface area (Å²) in [7, 11) is 2.06. The number of aromatic nitrogens is 2. The van der Waals surface area contributed by atoms with Gasteiger partial charge in [-0.25, -0.2) is 9.97 Å². The molecule has 1 aliphatic heterocycles. The Balaban J connectivity index is 2.04. The van der Waals surface area contributed by atoms with Gasteiger partial charge in [0.1, 0.15) is 5.69 Å². The minimum Gasteiger partial charge on any atom is -0.351 e. The average Bonchev–Trinajstić information content (AvgIpc) is 2.45. The average molecular weight is 261 g/mol. The molecule has 6 heteroatoms. The third-order valence-electron chi connectivity index (χ3n) is 3.07. The molecule has 1 fully saturated rings. The Morgan fingerprint density at radius 1 is 1.47 bits per heavy atom. The quantitative estimate of drug-likeness (QED) is 0.798. The number of carbonyl (C=O) groups excluding carboxylic acids is 1. The van der Waals surface area contributed by atoms with E-state index >= 15 is 0 Å². The van der Waals surface area contributed by atoms with Crippen LogP contribution in [0.4, 0.5) is 5.95 Å². The summed E-state index contributed by atoms with van der Waals surface area (Å²) in [5.74, 6) is 0.428. The van der Waals surface area contributed by atoms with Gasteiger partial charge in [0.2, 0.25) is 5.95 Å². The molecular formula is C13H19N5O. The molecule has 1 N–H and O–H groups in total. The van der Waals surface area contributed by atoms with Crippen molar-refractivity contribution in [2.45, 2.75) is 0 Å². The maximum atomic E-state index is 12.3. The zero-order valence-corrected chi connectivity index (χ0v) is 11.2. The number of nitrogens with zero attached hydrogens (tertiary/aromatic N) is 4. The number of likely N-dealkylation sites (N-methyl/N-ethyl adjacent to an activating group) is 1. The summed E-state index contributed by atoms with van der Waals surface area (Å²) >= 11 is 0. The van der Waals surface area contributed by atoms with Crippen LogP contribution in [0.25, 0.3) is 0 Å². The van der Waals surface area contributed by atoms with Crippen molar-refractivity contribution < 1.29 is 4.79 Å². The molecule has 1 aromatic heterocycles. The molecule has 1 saturated heterocycles. The van der Waals surface area contributed by atoms with Gasteiger partial charge in [-0.2, -0.15) is 0 Å². The third kappa shape index (κ3) is 3.51. The Morgan fingerprint density at radius 2 is 2.21 bits per heavy atom. The number of hydrogen-bond acceptors (Lipinski definition) is 5. The predicted octanol–water partition coefficient (Wildman–Crippen LogP) is 0.462. The molecule has 0 bridgehead atoms. The van der Waals surface area contributed by atoms with Gasteiger partial charge in [0, 0.05) is 38.9 Å². The minimum atomic E-state index is -0.0304. The minimum absolute atomic E-state index is 0.0304. The SMILES string of the molecule is C=CCNc1nccc(C(=O)N2CCN(C)CC2)n1. The second-order valence-corrected chi connectivity index (χ2v) is 4.53. The highest BCUT2D eigenvalue weighted by atomic mass is 16.2. The van der Waals surface area contributed by atoms with Crippen molar-refractivity contribution in [3.05, 3.63) is 30.6 Å². The predicted molar refractivity (Wildman–Crippen MR) is 74.1 cm³/mol. The first kappa shape index (κ1) is 13.5. The van der Waals surface area contributed by atoms with Gasteiger partial charge in [-0.15, -0.1) is 6.58 Å². The number of anilines is 1. The molecule has 0 radical (unpaired) electrons. The second-order valence-electron chi connectivity index (χ2n) is 4.53. The van der Waals surface area contributed by atoms with Gasteiger partial charge in [-0.1, -0.05) is 6.08 Å². The molecule has 2 rings (SSSR count). The molecule has 6 nitrogen and oxygen atoms in total. The molecular weight excluding hydrogens is 242 g/mol. The Bertz CT molecular complexity index is 454. The van der Waals surface area contributed by atoms with Crippen molar-refractivity contribution in [2.75, 3.05) is 45.1 Å². The molecule has 2 heterocycles. The molecule has 1 aromatic rings. The van der Waals surface area contributed by atoms with E-state index in [-0.39, 0.29) is 5.91 Å². The smallest absolute Gasteiger partial charge is 0.272 e. The lowest BCUT2D eigenvalue weighted by Gasteiger charge is -2.32. The van der Waals surface area contributed by atoms with E-state index in [2.05, 4.69) is 33.8 Å². The molecule has 0 atom stereocenters. The van der Waals surface area contributed by atoms with E-state index in [1.165, 1.54) is 0 Å². The van der Waals surface area contributed by atoms with Gasteiger partial charge in [-0.05, 0) is 13.1 Å². The highest BCUT2D eigenvalue weighted by molar-refractivity contribution is 5.92. The monoisotopic (exact) mass is 261 g/mol. The van der Waals surface area contributed by atoms with Gasteiger partial charge >= 0.3 is 0 Å². The number of piperazine rings is 1. The van der Waals surface area contributed by atoms with Crippen LogP contribution in [0.15, 0.2) is 24.9 Å². The molecule has 0 aliphatic carbocycles. The zero-order chi connectivity index (χ0) is 13.7. The number of carbonyl (C=O) groups is 1. The van der Waals surface area contributed by atoms with Crippen LogP contribution in [-0.4, -0.2) is 65.4 Å². The summed E-state index contributed by atoms with van der Waals surface area (Å²) in [5, 5.41) is 2.98. The van der Waals surface area contributed by atoms with E-state index in [1.807, 2.05) is 4.90 Å². The van der Waals surface area contributed by atoms with E-state index in [9.17, 15) is 4.79 Å². The molecule has 0 unspecified atom stereocenters. The standard InChI is InChI=1S/C13H19N5O/c1-3-5-14-13-15-6-4-11(16-13)12(19)18-9-7-17(2)8-10-18/h3-4,6H,1,5,7-10H2,2H3,(H,14,15,16). The van der Waals surface area contributed by atoms with E-state index in [4.69, 9.17) is 0 Å². The molecule has 1 amide bonds. The van der Waals surface area contributed by atoms with Crippen LogP contribution < -0.4 is 5.32 Å². The number of hydrogen-bond donors (Lipinski definition) is 1. The molecule has 102 valence electrons. The highest BCUT2D eigenvalue weighted by Crippen LogP contribution is 2.07. The van der Waals surface area contributed by atoms with E-state index in [0.29, 0.717) is 18.2 Å². The van der Waals surface area contributed by atoms with Crippen molar-refractivity contribution in [1.82, 2.24) is 19.8 Å². The van der Waals surface area contributed by atoms with Crippen LogP contribution in [0.1, 0.15) is 10.5 Å². The summed E-state index contributed by atoms with van der Waals surface area (Å²) < 4.78 is 0. The first-order valence-electron chi connectivity index (χ1n) is 6.36. The summed E-state index contributed by atoms with van der Waals surface area (Å²) in [5.41, 5.74) is 0.436. The fourth-order valence-corrected chi connectivity index (χ4v) is 1.90. The molecule has 0 aromatic carbocycles. The number of amides is 1. The van der Waals surface area contributed by atoms with Crippen molar-refractivity contribution in [1.29, 1.82) is 0 Å². The highest BCUT2D eigenvalue weighted by Gasteiger charge is 2.21. The lowest BCUT2D eigenvalue weighted by atomic mass is 10.3. The van der Waals surface area contributed by atoms with E-state index in [1.54, 1.807) is 18.3 Å². The largest absolute Gasteiger partial charge is 0.351 e. The Morgan fingerprint density at radius 3 is 2.89 bits per heavy atom. The zero-order valence-electron chi connectivity index (χ0n) is 11.2. The van der Waals surface area contributed by atoms with E-state index < -0.39 is 0 Å². The van der Waals surface area contributed by atoms with Crippen molar-refractivity contribution in [2.24, 2.45) is 0 Å². The fourth-order valence-electron chi connectivity index (χ4n) is 1.90. The van der Waals surface area contributed by atoms with Crippen molar-refractivity contribution >= 4 is 11.9 Å². The summed E-state index contributed by atoms with van der Waals surface area (Å²) in [6.07, 6.45) is 3.32. The van der Waals surface area contributed by atoms with Crippen LogP contribution >= 0.6 is 0 Å². The molecule has 1 aliphatic rings. The lowest BCUT2D eigenvalue weighted by molar-refractivity contribution is 0.0658. The Labute approximate surface area is 113 Å². The maximum Gasteiger partial charge on any atom is 0.272 e. The van der Waals surface area contributed by atoms with Gasteiger partial charge < -0.3 is 15.1 Å². The first-order chi connectivity index (χ1) is 9.20. The van der Waals surface area contributed by atoms with Crippen molar-refractivity contribution in [3.63, 3.8) is 0 Å². The topological polar surface area (TPSA) is 61.4 Å². The van der Waals surface area contributed by atoms with Crippen LogP contribution in [0.5, 0.6) is 0 Å². The summed E-state index contributed by atoms with van der Waals surface area (Å²) in [4.78, 5) is 24.6. The Kier molecular flexibility index (Phi) is 4.46. The van der Waals surface area contributed by atoms with Crippen LogP contribution in [0, 0.1) is 0 Å². The maximum absolute atomic E-state index is 12.3. The van der Waals surface area contributed by atoms with Crippen LogP contribution in [0.3, 0.4) is 0 Å². The summed E-state index contributed by atoms with van der Waals surface area (Å²) in [6.45, 7) is 7.48. The van der Waals surface area contributed by atoms with Gasteiger partial charge in [-0.3, -0.25) is 4.79 Å². The molecule has 0 saturated carbocycles. The number of rotatable bonds is 4. The third-order valence-corrected chi connectivity index (χ3v) is 3.07. The fraction of sp³-hybridized carbons (Fsp3) is 0.462. The molecule has 0 spiro atoms. The normalized spacial score (nSPS) is 16.2. The van der Waals surface area contributed by atoms with Gasteiger partial charge in [0.05, 0.1) is 0 Å². The molecule has 19 heavy (non-hydrogen) atoms. The van der Waals surface area contributed by atoms with Crippen LogP contribution in [0.2, 0.25) is 0 Å². The number of nitrogens with one attached hydrogen (secondary N) is 1. The first-order valence-corrected chi connectivity index (χ1v) is 6.36. The second kappa shape index (κ2) is 6.29. The van der Waals surface area contributed by atoms with Crippen molar-refractivity contribution in [3.8, 4) is 0 Å². The summed E-state index contributed by atoms with van der Waals surface area (Å²) in [6, 6.07) is 1.65. The van der Waals surface area contributed by atoms with E-state index in [0.717, 1.165) is 26.2 Å². The van der Waals surface area contributed by atoms with Gasteiger partial charge in [0.15, 0.2) is 0 Å². The Hall–Kier alpha value is -1.95. The van der Waals surface area contributed by atoms with Crippen LogP contribution in [-0.2, 0) is 0 Å². The lowest BCUT2D eigenvalue weighted by Crippen LogP contribution is -2.47. The van der Waals surface area contributed by atoms with Gasteiger partial charge in [0.25, 0.3) is 5.91 Å².